The zero-order chi connectivity index (χ0) is 32.4. The topological polar surface area (TPSA) is 32.3 Å². The van der Waals surface area contributed by atoms with E-state index in [1.807, 2.05) is 0 Å². The minimum Gasteiger partial charge on any atom is -0.301 e. The summed E-state index contributed by atoms with van der Waals surface area (Å²) in [4.78, 5) is 16.6. The van der Waals surface area contributed by atoms with Gasteiger partial charge in [-0.2, -0.15) is 0 Å². The first-order valence-electron chi connectivity index (χ1n) is 17.0. The number of fused-ring (bicyclic) bond motifs is 5. The fraction of sp³-hybridized carbons (Fsp3) is 0.333. The smallest absolute Gasteiger partial charge is 0.179 e. The fourth-order valence-electron chi connectivity index (χ4n) is 9.08. The van der Waals surface area contributed by atoms with Gasteiger partial charge in [-0.15, -0.1) is 0 Å². The Morgan fingerprint density at radius 1 is 0.565 bits per heavy atom. The van der Waals surface area contributed by atoms with Gasteiger partial charge in [0.1, 0.15) is 6.17 Å². The van der Waals surface area contributed by atoms with Gasteiger partial charge in [0.25, 0.3) is 0 Å². The lowest BCUT2D eigenvalue weighted by Crippen LogP contribution is -2.62. The van der Waals surface area contributed by atoms with Gasteiger partial charge in [-0.25, -0.2) is 9.97 Å². The molecule has 2 aliphatic heterocycles. The molecule has 4 aromatic carbocycles. The van der Waals surface area contributed by atoms with Crippen LogP contribution in [0.25, 0.3) is 22.5 Å². The van der Waals surface area contributed by atoms with E-state index in [0.29, 0.717) is 0 Å². The molecule has 0 fully saturated rings. The summed E-state index contributed by atoms with van der Waals surface area (Å²) in [6.45, 7) is 18.5. The molecule has 3 heterocycles. The van der Waals surface area contributed by atoms with E-state index < -0.39 is 0 Å². The Morgan fingerprint density at radius 3 is 1.54 bits per heavy atom. The number of anilines is 4. The molecule has 0 bridgehead atoms. The fourth-order valence-corrected chi connectivity index (χ4v) is 9.08. The Labute approximate surface area is 275 Å². The van der Waals surface area contributed by atoms with Crippen molar-refractivity contribution in [1.29, 1.82) is 0 Å². The average Bonchev–Trinajstić information content (AvgIpc) is 3.40. The number of nitrogens with zero attached hydrogens (tertiary/aromatic N) is 4. The highest BCUT2D eigenvalue weighted by molar-refractivity contribution is 5.93. The van der Waals surface area contributed by atoms with E-state index in [1.165, 1.54) is 44.6 Å². The number of aryl methyl sites for hydroxylation is 4. The first-order valence-corrected chi connectivity index (χ1v) is 17.0. The van der Waals surface area contributed by atoms with Gasteiger partial charge in [0.05, 0.1) is 11.4 Å². The minimum absolute atomic E-state index is 0.00346. The maximum atomic E-state index is 5.78. The number of aromatic nitrogens is 2. The van der Waals surface area contributed by atoms with Crippen molar-refractivity contribution in [3.8, 4) is 22.5 Å². The largest absolute Gasteiger partial charge is 0.301 e. The molecular formula is C42H46N4. The zero-order valence-corrected chi connectivity index (χ0v) is 28.6. The van der Waals surface area contributed by atoms with Crippen molar-refractivity contribution < 1.29 is 0 Å². The summed E-state index contributed by atoms with van der Waals surface area (Å²) in [7, 11) is 0. The predicted octanol–water partition coefficient (Wildman–Crippen LogP) is 11.1. The molecule has 0 saturated heterocycles. The van der Waals surface area contributed by atoms with Crippen LogP contribution in [0, 0.1) is 33.1 Å². The lowest BCUT2D eigenvalue weighted by Gasteiger charge is -2.59. The lowest BCUT2D eigenvalue weighted by molar-refractivity contribution is 0.0772. The van der Waals surface area contributed by atoms with Gasteiger partial charge in [-0.05, 0) is 93.0 Å². The van der Waals surface area contributed by atoms with Gasteiger partial charge < -0.3 is 9.80 Å². The number of hydrogen-bond donors (Lipinski definition) is 0. The van der Waals surface area contributed by atoms with Gasteiger partial charge >= 0.3 is 0 Å². The normalized spacial score (nSPS) is 19.5. The van der Waals surface area contributed by atoms with Crippen molar-refractivity contribution in [2.75, 3.05) is 9.80 Å². The van der Waals surface area contributed by atoms with Crippen LogP contribution in [0.3, 0.4) is 0 Å². The van der Waals surface area contributed by atoms with E-state index in [1.54, 1.807) is 0 Å². The van der Waals surface area contributed by atoms with Crippen molar-refractivity contribution >= 4 is 23.0 Å². The second kappa shape index (κ2) is 11.1. The molecule has 0 amide bonds. The molecule has 5 aromatic rings. The molecule has 0 N–H and O–H groups in total. The maximum Gasteiger partial charge on any atom is 0.179 e. The summed E-state index contributed by atoms with van der Waals surface area (Å²) in [5.41, 5.74) is 12.8. The van der Waals surface area contributed by atoms with E-state index >= 15 is 0 Å². The molecule has 2 atom stereocenters. The predicted molar refractivity (Wildman–Crippen MR) is 193 cm³/mol. The summed E-state index contributed by atoms with van der Waals surface area (Å²) in [6, 6.07) is 33.1. The van der Waals surface area contributed by atoms with Crippen LogP contribution in [-0.2, 0) is 5.41 Å². The molecule has 7 rings (SSSR count). The quantitative estimate of drug-likeness (QED) is 0.192. The van der Waals surface area contributed by atoms with E-state index in [4.69, 9.17) is 9.97 Å². The summed E-state index contributed by atoms with van der Waals surface area (Å²) in [5, 5.41) is 0. The van der Waals surface area contributed by atoms with E-state index in [-0.39, 0.29) is 17.0 Å². The number of rotatable bonds is 6. The highest BCUT2D eigenvalue weighted by Crippen LogP contribution is 2.65. The Balaban J connectivity index is 1.65. The van der Waals surface area contributed by atoms with Crippen LogP contribution in [0.4, 0.5) is 23.0 Å². The van der Waals surface area contributed by atoms with Crippen LogP contribution >= 0.6 is 0 Å². The molecule has 2 unspecified atom stereocenters. The standard InChI is InChI=1S/C42H46N4/c1-9-41(8)40-45(31-23-13-12-14-24-31)38-39(46(40)33-26-16-15-25-32(33)42(41,10-2)11-3)44-37(35-29(6)21-18-22-30(35)7)36(43-38)34-27(4)19-17-20-28(34)5/h12-26,40H,9-11H2,1-8H3. The van der Waals surface area contributed by atoms with Crippen molar-refractivity contribution in [2.24, 2.45) is 5.41 Å². The molecule has 2 aliphatic rings. The first kappa shape index (κ1) is 30.2. The van der Waals surface area contributed by atoms with E-state index in [2.05, 4.69) is 156 Å². The second-order valence-corrected chi connectivity index (χ2v) is 13.6. The van der Waals surface area contributed by atoms with E-state index in [9.17, 15) is 0 Å². The summed E-state index contributed by atoms with van der Waals surface area (Å²) < 4.78 is 0. The van der Waals surface area contributed by atoms with Gasteiger partial charge in [0, 0.05) is 33.3 Å². The average molecular weight is 607 g/mol. The maximum absolute atomic E-state index is 5.78. The molecule has 0 radical (unpaired) electrons. The first-order chi connectivity index (χ1) is 22.2. The minimum atomic E-state index is -0.111. The van der Waals surface area contributed by atoms with Crippen LogP contribution in [-0.4, -0.2) is 16.1 Å². The van der Waals surface area contributed by atoms with Crippen LogP contribution in [0.15, 0.2) is 91.0 Å². The zero-order valence-electron chi connectivity index (χ0n) is 28.6. The third kappa shape index (κ3) is 4.05. The molecular weight excluding hydrogens is 560 g/mol. The van der Waals surface area contributed by atoms with Crippen molar-refractivity contribution in [1.82, 2.24) is 9.97 Å². The Hall–Kier alpha value is -4.44. The van der Waals surface area contributed by atoms with Crippen LogP contribution < -0.4 is 9.80 Å². The molecule has 0 saturated carbocycles. The summed E-state index contributed by atoms with van der Waals surface area (Å²) in [6.07, 6.45) is 3.16. The van der Waals surface area contributed by atoms with Gasteiger partial charge in [0.15, 0.2) is 11.6 Å². The Morgan fingerprint density at radius 2 is 1.04 bits per heavy atom. The third-order valence-corrected chi connectivity index (χ3v) is 11.6. The monoisotopic (exact) mass is 606 g/mol. The van der Waals surface area contributed by atoms with Crippen LogP contribution in [0.2, 0.25) is 0 Å². The molecule has 46 heavy (non-hydrogen) atoms. The summed E-state index contributed by atoms with van der Waals surface area (Å²) >= 11 is 0. The van der Waals surface area contributed by atoms with Crippen molar-refractivity contribution in [3.05, 3.63) is 119 Å². The van der Waals surface area contributed by atoms with Crippen LogP contribution in [0.1, 0.15) is 74.8 Å². The SMILES string of the molecule is CCC1(CC)c2ccccc2N2c3nc(-c4c(C)cccc4C)c(-c4c(C)cccc4C)nc3N(c3ccccc3)C2C1(C)CC. The molecule has 0 spiro atoms. The number of para-hydroxylation sites is 2. The van der Waals surface area contributed by atoms with Gasteiger partial charge in [-0.3, -0.25) is 0 Å². The molecule has 0 aliphatic carbocycles. The lowest BCUT2D eigenvalue weighted by atomic mass is 9.53. The number of benzene rings is 4. The Bertz CT molecular complexity index is 1900. The molecule has 4 nitrogen and oxygen atoms in total. The van der Waals surface area contributed by atoms with Crippen LogP contribution in [0.5, 0.6) is 0 Å². The van der Waals surface area contributed by atoms with E-state index in [0.717, 1.165) is 48.0 Å². The van der Waals surface area contributed by atoms with Gasteiger partial charge in [-0.1, -0.05) is 100 Å². The van der Waals surface area contributed by atoms with Gasteiger partial charge in [0.2, 0.25) is 0 Å². The molecule has 234 valence electrons. The van der Waals surface area contributed by atoms with Crippen molar-refractivity contribution in [2.45, 2.75) is 86.2 Å². The highest BCUT2D eigenvalue weighted by atomic mass is 15.5. The third-order valence-electron chi connectivity index (χ3n) is 11.6. The van der Waals surface area contributed by atoms with Crippen molar-refractivity contribution in [3.63, 3.8) is 0 Å². The second-order valence-electron chi connectivity index (χ2n) is 13.6. The Kier molecular flexibility index (Phi) is 7.31. The number of hydrogen-bond acceptors (Lipinski definition) is 4. The highest BCUT2D eigenvalue weighted by Gasteiger charge is 2.62. The summed E-state index contributed by atoms with van der Waals surface area (Å²) in [5.74, 6) is 1.87. The molecule has 1 aromatic heterocycles. The molecule has 4 heteroatoms.